The van der Waals surface area contributed by atoms with Crippen molar-refractivity contribution in [2.45, 2.75) is 33.6 Å². The van der Waals surface area contributed by atoms with E-state index in [0.29, 0.717) is 12.5 Å². The van der Waals surface area contributed by atoms with E-state index in [9.17, 15) is 9.59 Å². The van der Waals surface area contributed by atoms with Crippen molar-refractivity contribution >= 4 is 17.6 Å². The average Bonchev–Trinajstić information content (AvgIpc) is 3.24. The molecule has 2 N–H and O–H groups in total. The predicted molar refractivity (Wildman–Crippen MR) is 88.0 cm³/mol. The fourth-order valence-corrected chi connectivity index (χ4v) is 2.53. The minimum absolute atomic E-state index is 0.0449. The largest absolute Gasteiger partial charge is 0.338 e. The number of hydrogen-bond donors (Lipinski definition) is 2. The van der Waals surface area contributed by atoms with Gasteiger partial charge >= 0.3 is 6.03 Å². The maximum Gasteiger partial charge on any atom is 0.317 e. The van der Waals surface area contributed by atoms with Crippen molar-refractivity contribution in [3.8, 4) is 0 Å². The number of aryl methyl sites for hydroxylation is 3. The van der Waals surface area contributed by atoms with Gasteiger partial charge in [-0.15, -0.1) is 0 Å². The molecule has 0 unspecified atom stereocenters. The van der Waals surface area contributed by atoms with Crippen molar-refractivity contribution in [2.24, 2.45) is 5.92 Å². The average molecular weight is 303 g/mol. The third-order valence-corrected chi connectivity index (χ3v) is 3.91. The molecule has 0 aromatic heterocycles. The zero-order valence-electron chi connectivity index (χ0n) is 13.8. The van der Waals surface area contributed by atoms with Crippen molar-refractivity contribution in [2.75, 3.05) is 25.5 Å². The first-order valence-electron chi connectivity index (χ1n) is 7.73. The number of benzene rings is 1. The van der Waals surface area contributed by atoms with E-state index in [4.69, 9.17) is 0 Å². The SMILES string of the molecule is Cc1cc(C)c(NC(=O)CN(C)C(=O)NCC2CC2)c(C)c1. The zero-order chi connectivity index (χ0) is 16.3. The van der Waals surface area contributed by atoms with Crippen LogP contribution in [0.25, 0.3) is 0 Å². The van der Waals surface area contributed by atoms with Gasteiger partial charge in [-0.2, -0.15) is 0 Å². The first-order chi connectivity index (χ1) is 10.4. The van der Waals surface area contributed by atoms with E-state index in [1.807, 2.05) is 32.9 Å². The molecule has 5 heteroatoms. The molecular weight excluding hydrogens is 278 g/mol. The minimum Gasteiger partial charge on any atom is -0.338 e. The number of carbonyl (C=O) groups is 2. The lowest BCUT2D eigenvalue weighted by Gasteiger charge is -2.19. The van der Waals surface area contributed by atoms with E-state index in [0.717, 1.165) is 16.8 Å². The van der Waals surface area contributed by atoms with Crippen LogP contribution in [-0.4, -0.2) is 37.0 Å². The number of rotatable bonds is 5. The molecule has 0 saturated heterocycles. The molecule has 120 valence electrons. The van der Waals surface area contributed by atoms with Crippen LogP contribution in [0.3, 0.4) is 0 Å². The van der Waals surface area contributed by atoms with Gasteiger partial charge in [0.15, 0.2) is 0 Å². The Labute approximate surface area is 132 Å². The van der Waals surface area contributed by atoms with Crippen molar-refractivity contribution in [3.05, 3.63) is 28.8 Å². The van der Waals surface area contributed by atoms with Crippen LogP contribution >= 0.6 is 0 Å². The van der Waals surface area contributed by atoms with Gasteiger partial charge in [0.2, 0.25) is 5.91 Å². The van der Waals surface area contributed by atoms with Gasteiger partial charge in [0.1, 0.15) is 6.54 Å². The van der Waals surface area contributed by atoms with Gasteiger partial charge in [0.05, 0.1) is 0 Å². The molecule has 3 amide bonds. The molecule has 1 aromatic carbocycles. The number of amides is 3. The number of nitrogens with zero attached hydrogens (tertiary/aromatic N) is 1. The van der Waals surface area contributed by atoms with Crippen molar-refractivity contribution in [3.63, 3.8) is 0 Å². The Bertz CT molecular complexity index is 556. The van der Waals surface area contributed by atoms with Gasteiger partial charge in [-0.1, -0.05) is 17.7 Å². The van der Waals surface area contributed by atoms with Crippen LogP contribution in [0, 0.1) is 26.7 Å². The highest BCUT2D eigenvalue weighted by Crippen LogP contribution is 2.27. The molecule has 2 rings (SSSR count). The van der Waals surface area contributed by atoms with Crippen LogP contribution in [0.1, 0.15) is 29.5 Å². The summed E-state index contributed by atoms with van der Waals surface area (Å²) in [4.78, 5) is 25.4. The summed E-state index contributed by atoms with van der Waals surface area (Å²) in [6.45, 7) is 6.73. The lowest BCUT2D eigenvalue weighted by atomic mass is 10.1. The second-order valence-electron chi connectivity index (χ2n) is 6.31. The number of anilines is 1. The van der Waals surface area contributed by atoms with Gasteiger partial charge in [-0.3, -0.25) is 4.79 Å². The van der Waals surface area contributed by atoms with E-state index in [1.54, 1.807) is 7.05 Å². The summed E-state index contributed by atoms with van der Waals surface area (Å²) >= 11 is 0. The molecule has 5 nitrogen and oxygen atoms in total. The maximum atomic E-state index is 12.1. The van der Waals surface area contributed by atoms with E-state index in [-0.39, 0.29) is 18.5 Å². The van der Waals surface area contributed by atoms with Crippen molar-refractivity contribution in [1.29, 1.82) is 0 Å². The van der Waals surface area contributed by atoms with Gasteiger partial charge in [0, 0.05) is 19.3 Å². The molecule has 0 spiro atoms. The van der Waals surface area contributed by atoms with Crippen LogP contribution < -0.4 is 10.6 Å². The first-order valence-corrected chi connectivity index (χ1v) is 7.73. The van der Waals surface area contributed by atoms with E-state index >= 15 is 0 Å². The fraction of sp³-hybridized carbons (Fsp3) is 0.529. The molecule has 1 saturated carbocycles. The summed E-state index contributed by atoms with van der Waals surface area (Å²) in [5.41, 5.74) is 4.07. The summed E-state index contributed by atoms with van der Waals surface area (Å²) in [5.74, 6) is 0.447. The molecule has 1 fully saturated rings. The quantitative estimate of drug-likeness (QED) is 0.878. The Balaban J connectivity index is 1.87. The van der Waals surface area contributed by atoms with Crippen LogP contribution in [0.15, 0.2) is 12.1 Å². The molecule has 0 aliphatic heterocycles. The highest BCUT2D eigenvalue weighted by Gasteiger charge is 2.22. The maximum absolute atomic E-state index is 12.1. The van der Waals surface area contributed by atoms with Crippen molar-refractivity contribution < 1.29 is 9.59 Å². The highest BCUT2D eigenvalue weighted by atomic mass is 16.2. The lowest BCUT2D eigenvalue weighted by molar-refractivity contribution is -0.116. The molecule has 0 heterocycles. The second-order valence-corrected chi connectivity index (χ2v) is 6.31. The minimum atomic E-state index is -0.195. The number of urea groups is 1. The lowest BCUT2D eigenvalue weighted by Crippen LogP contribution is -2.42. The second kappa shape index (κ2) is 6.81. The third-order valence-electron chi connectivity index (χ3n) is 3.91. The smallest absolute Gasteiger partial charge is 0.317 e. The molecule has 1 aliphatic carbocycles. The first kappa shape index (κ1) is 16.3. The van der Waals surface area contributed by atoms with Gasteiger partial charge < -0.3 is 15.5 Å². The molecule has 0 bridgehead atoms. The fourth-order valence-electron chi connectivity index (χ4n) is 2.53. The van der Waals surface area contributed by atoms with Crippen molar-refractivity contribution in [1.82, 2.24) is 10.2 Å². The van der Waals surface area contributed by atoms with Crippen LogP contribution in [0.2, 0.25) is 0 Å². The van der Waals surface area contributed by atoms with E-state index < -0.39 is 0 Å². The van der Waals surface area contributed by atoms with Crippen LogP contribution in [0.4, 0.5) is 10.5 Å². The topological polar surface area (TPSA) is 61.4 Å². The zero-order valence-corrected chi connectivity index (χ0v) is 13.8. The van der Waals surface area contributed by atoms with Gasteiger partial charge in [-0.05, 0) is 50.7 Å². The molecule has 0 radical (unpaired) electrons. The van der Waals surface area contributed by atoms with Gasteiger partial charge in [-0.25, -0.2) is 4.79 Å². The molecular formula is C17H25N3O2. The monoisotopic (exact) mass is 303 g/mol. The Morgan fingerprint density at radius 1 is 1.18 bits per heavy atom. The highest BCUT2D eigenvalue weighted by molar-refractivity contribution is 5.95. The Morgan fingerprint density at radius 3 is 2.32 bits per heavy atom. The standard InChI is InChI=1S/C17H25N3O2/c1-11-7-12(2)16(13(3)8-11)19-15(21)10-20(4)17(22)18-9-14-5-6-14/h7-8,14H,5-6,9-10H2,1-4H3,(H,18,22)(H,19,21). The predicted octanol–water partition coefficient (Wildman–Crippen LogP) is 2.60. The van der Waals surface area contributed by atoms with Crippen LogP contribution in [-0.2, 0) is 4.79 Å². The molecule has 1 aromatic rings. The number of likely N-dealkylation sites (N-methyl/N-ethyl adjacent to an activating group) is 1. The molecule has 0 atom stereocenters. The summed E-state index contributed by atoms with van der Waals surface area (Å²) in [7, 11) is 1.64. The Kier molecular flexibility index (Phi) is 5.06. The molecule has 22 heavy (non-hydrogen) atoms. The van der Waals surface area contributed by atoms with Crippen LogP contribution in [0.5, 0.6) is 0 Å². The summed E-state index contributed by atoms with van der Waals surface area (Å²) in [6, 6.07) is 3.88. The Morgan fingerprint density at radius 2 is 1.77 bits per heavy atom. The third kappa shape index (κ3) is 4.48. The number of carbonyl (C=O) groups excluding carboxylic acids is 2. The number of hydrogen-bond acceptors (Lipinski definition) is 2. The van der Waals surface area contributed by atoms with E-state index in [1.165, 1.54) is 23.3 Å². The van der Waals surface area contributed by atoms with Gasteiger partial charge in [0.25, 0.3) is 0 Å². The van der Waals surface area contributed by atoms with E-state index in [2.05, 4.69) is 10.6 Å². The summed E-state index contributed by atoms with van der Waals surface area (Å²) in [6.07, 6.45) is 2.38. The summed E-state index contributed by atoms with van der Waals surface area (Å²) in [5, 5.41) is 5.76. The molecule has 1 aliphatic rings. The number of nitrogens with one attached hydrogen (secondary N) is 2. The normalized spacial score (nSPS) is 13.6. The summed E-state index contributed by atoms with van der Waals surface area (Å²) < 4.78 is 0. The Hall–Kier alpha value is -2.04.